The number of rotatable bonds is 4. The Morgan fingerprint density at radius 3 is 2.55 bits per heavy atom. The van der Waals surface area contributed by atoms with Crippen molar-refractivity contribution in [2.24, 2.45) is 5.92 Å². The molecule has 1 fully saturated rings. The zero-order valence-corrected chi connectivity index (χ0v) is 13.3. The van der Waals surface area contributed by atoms with Crippen molar-refractivity contribution >= 4 is 37.2 Å². The molecule has 110 valence electrons. The van der Waals surface area contributed by atoms with E-state index in [-0.39, 0.29) is 15.5 Å². The predicted octanol–water partition coefficient (Wildman–Crippen LogP) is 3.14. The largest absolute Gasteiger partial charge is 0.341 e. The Kier molecular flexibility index (Phi) is 4.62. The predicted molar refractivity (Wildman–Crippen MR) is 78.8 cm³/mol. The first-order valence-corrected chi connectivity index (χ1v) is 8.98. The lowest BCUT2D eigenvalue weighted by atomic mass is 9.85. The maximum Gasteiger partial charge on any atom is 0.262 e. The lowest BCUT2D eigenvalue weighted by Crippen LogP contribution is -2.35. The average molecular weight is 336 g/mol. The highest BCUT2D eigenvalue weighted by molar-refractivity contribution is 8.13. The minimum Gasteiger partial charge on any atom is -0.341 e. The van der Waals surface area contributed by atoms with E-state index in [1.807, 2.05) is 0 Å². The summed E-state index contributed by atoms with van der Waals surface area (Å²) in [5.41, 5.74) is -0.0500. The molecule has 0 aliphatic heterocycles. The van der Waals surface area contributed by atoms with E-state index in [2.05, 4.69) is 0 Å². The Bertz CT molecular complexity index is 627. The van der Waals surface area contributed by atoms with Crippen molar-refractivity contribution < 1.29 is 13.2 Å². The highest BCUT2D eigenvalue weighted by Gasteiger charge is 2.27. The molecule has 4 nitrogen and oxygen atoms in total. The summed E-state index contributed by atoms with van der Waals surface area (Å²) in [7, 11) is 3.00. The van der Waals surface area contributed by atoms with Crippen molar-refractivity contribution in [3.63, 3.8) is 0 Å². The molecule has 0 bridgehead atoms. The minimum atomic E-state index is -4.01. The Morgan fingerprint density at radius 2 is 2.05 bits per heavy atom. The average Bonchev–Trinajstić information content (AvgIpc) is 2.31. The van der Waals surface area contributed by atoms with Crippen molar-refractivity contribution in [1.29, 1.82) is 0 Å². The smallest absolute Gasteiger partial charge is 0.262 e. The fourth-order valence-electron chi connectivity index (χ4n) is 2.25. The Labute approximate surface area is 128 Å². The molecule has 1 saturated carbocycles. The first-order valence-electron chi connectivity index (χ1n) is 6.29. The van der Waals surface area contributed by atoms with Crippen LogP contribution < -0.4 is 0 Å². The van der Waals surface area contributed by atoms with Crippen molar-refractivity contribution in [2.75, 3.05) is 13.6 Å². The van der Waals surface area contributed by atoms with E-state index in [9.17, 15) is 13.2 Å². The van der Waals surface area contributed by atoms with Gasteiger partial charge in [-0.05, 0) is 30.9 Å². The second kappa shape index (κ2) is 5.92. The summed E-state index contributed by atoms with van der Waals surface area (Å²) in [6.45, 7) is 0.603. The number of hydrogen-bond donors (Lipinski definition) is 0. The van der Waals surface area contributed by atoms with Crippen LogP contribution in [0.4, 0.5) is 0 Å². The van der Waals surface area contributed by atoms with E-state index < -0.39 is 15.0 Å². The third-order valence-electron chi connectivity index (χ3n) is 3.56. The number of benzene rings is 1. The summed E-state index contributed by atoms with van der Waals surface area (Å²) in [6, 6.07) is 4.23. The van der Waals surface area contributed by atoms with Crippen LogP contribution in [0, 0.1) is 5.92 Å². The maximum absolute atomic E-state index is 12.4. The van der Waals surface area contributed by atoms with Gasteiger partial charge in [-0.15, -0.1) is 0 Å². The van der Waals surface area contributed by atoms with Crippen LogP contribution in [0.15, 0.2) is 23.1 Å². The number of halogens is 2. The standard InChI is InChI=1S/C13H15Cl2NO3S/c1-16(8-9-4-2-5-9)13(17)12-10(14)6-3-7-11(12)20(15,18)19/h3,6-7,9H,2,4-5,8H2,1H3. The highest BCUT2D eigenvalue weighted by atomic mass is 35.7. The van der Waals surface area contributed by atoms with Gasteiger partial charge in [-0.1, -0.05) is 24.1 Å². The first-order chi connectivity index (χ1) is 9.30. The molecule has 7 heteroatoms. The van der Waals surface area contributed by atoms with Crippen LogP contribution in [0.2, 0.25) is 5.02 Å². The highest BCUT2D eigenvalue weighted by Crippen LogP contribution is 2.30. The van der Waals surface area contributed by atoms with E-state index >= 15 is 0 Å². The van der Waals surface area contributed by atoms with Gasteiger partial charge in [0.25, 0.3) is 15.0 Å². The summed E-state index contributed by atoms with van der Waals surface area (Å²) in [4.78, 5) is 13.7. The molecule has 20 heavy (non-hydrogen) atoms. The molecule has 1 aliphatic carbocycles. The van der Waals surface area contributed by atoms with Crippen LogP contribution in [0.25, 0.3) is 0 Å². The monoisotopic (exact) mass is 335 g/mol. The molecule has 1 aromatic rings. The van der Waals surface area contributed by atoms with Crippen LogP contribution in [0.3, 0.4) is 0 Å². The number of hydrogen-bond acceptors (Lipinski definition) is 3. The fourth-order valence-corrected chi connectivity index (χ4v) is 3.63. The number of carbonyl (C=O) groups is 1. The van der Waals surface area contributed by atoms with Crippen LogP contribution in [0.5, 0.6) is 0 Å². The summed E-state index contributed by atoms with van der Waals surface area (Å²) >= 11 is 5.99. The summed E-state index contributed by atoms with van der Waals surface area (Å²) in [5, 5.41) is 0.0946. The van der Waals surface area contributed by atoms with Crippen LogP contribution in [0.1, 0.15) is 29.6 Å². The topological polar surface area (TPSA) is 54.5 Å². The van der Waals surface area contributed by atoms with Gasteiger partial charge < -0.3 is 4.90 Å². The van der Waals surface area contributed by atoms with Crippen molar-refractivity contribution in [3.05, 3.63) is 28.8 Å². The van der Waals surface area contributed by atoms with Crippen molar-refractivity contribution in [2.45, 2.75) is 24.2 Å². The molecule has 0 spiro atoms. The molecule has 1 aliphatic rings. The maximum atomic E-state index is 12.4. The third-order valence-corrected chi connectivity index (χ3v) is 5.23. The summed E-state index contributed by atoms with van der Waals surface area (Å²) in [6.07, 6.45) is 3.38. The summed E-state index contributed by atoms with van der Waals surface area (Å²) < 4.78 is 23.1. The Morgan fingerprint density at radius 1 is 1.40 bits per heavy atom. The fraction of sp³-hybridized carbons (Fsp3) is 0.462. The zero-order valence-electron chi connectivity index (χ0n) is 11.0. The Hall–Kier alpha value is -0.780. The molecule has 0 radical (unpaired) electrons. The van der Waals surface area contributed by atoms with E-state index in [0.717, 1.165) is 12.8 Å². The quantitative estimate of drug-likeness (QED) is 0.794. The second-order valence-corrected chi connectivity index (χ2v) is 7.97. The number of carbonyl (C=O) groups excluding carboxylic acids is 1. The molecule has 2 rings (SSSR count). The van der Waals surface area contributed by atoms with Gasteiger partial charge in [-0.25, -0.2) is 8.42 Å². The number of nitrogens with zero attached hydrogens (tertiary/aromatic N) is 1. The van der Waals surface area contributed by atoms with Gasteiger partial charge in [0, 0.05) is 24.3 Å². The summed E-state index contributed by atoms with van der Waals surface area (Å²) in [5.74, 6) is 0.0734. The normalized spacial score (nSPS) is 15.8. The Balaban J connectivity index is 2.33. The van der Waals surface area contributed by atoms with Gasteiger partial charge in [0.05, 0.1) is 15.5 Å². The molecule has 1 aromatic carbocycles. The van der Waals surface area contributed by atoms with E-state index in [4.69, 9.17) is 22.3 Å². The SMILES string of the molecule is CN(CC1CCC1)C(=O)c1c(Cl)cccc1S(=O)(=O)Cl. The van der Waals surface area contributed by atoms with Gasteiger partial charge in [0.2, 0.25) is 0 Å². The van der Waals surface area contributed by atoms with E-state index in [1.165, 1.54) is 29.5 Å². The number of amides is 1. The molecule has 0 N–H and O–H groups in total. The van der Waals surface area contributed by atoms with Gasteiger partial charge in [0.15, 0.2) is 0 Å². The second-order valence-electron chi connectivity index (χ2n) is 5.03. The zero-order chi connectivity index (χ0) is 14.9. The van der Waals surface area contributed by atoms with Crippen LogP contribution in [-0.4, -0.2) is 32.8 Å². The molecule has 0 atom stereocenters. The van der Waals surface area contributed by atoms with E-state index in [1.54, 1.807) is 7.05 Å². The van der Waals surface area contributed by atoms with Gasteiger partial charge >= 0.3 is 0 Å². The van der Waals surface area contributed by atoms with Gasteiger partial charge in [-0.3, -0.25) is 4.79 Å². The molecule has 0 heterocycles. The van der Waals surface area contributed by atoms with Crippen molar-refractivity contribution in [1.82, 2.24) is 4.90 Å². The molecular formula is C13H15Cl2NO3S. The molecule has 1 amide bonds. The first kappa shape index (κ1) is 15.6. The molecule has 0 aromatic heterocycles. The molecule has 0 unspecified atom stereocenters. The van der Waals surface area contributed by atoms with E-state index in [0.29, 0.717) is 12.5 Å². The van der Waals surface area contributed by atoms with Crippen LogP contribution >= 0.6 is 22.3 Å². The molecular weight excluding hydrogens is 321 g/mol. The van der Waals surface area contributed by atoms with Gasteiger partial charge in [0.1, 0.15) is 0 Å². The third kappa shape index (κ3) is 3.27. The molecule has 0 saturated heterocycles. The minimum absolute atomic E-state index is 0.0500. The van der Waals surface area contributed by atoms with Crippen molar-refractivity contribution in [3.8, 4) is 0 Å². The van der Waals surface area contributed by atoms with Crippen LogP contribution in [-0.2, 0) is 9.05 Å². The lowest BCUT2D eigenvalue weighted by molar-refractivity contribution is 0.0741. The lowest BCUT2D eigenvalue weighted by Gasteiger charge is -2.30. The van der Waals surface area contributed by atoms with Gasteiger partial charge in [-0.2, -0.15) is 0 Å².